The summed E-state index contributed by atoms with van der Waals surface area (Å²) < 4.78 is 1.87. The summed E-state index contributed by atoms with van der Waals surface area (Å²) in [5.74, 6) is 0.509. The number of carbonyl (C=O) groups is 1. The lowest BCUT2D eigenvalue weighted by molar-refractivity contribution is -0.105. The van der Waals surface area contributed by atoms with Crippen LogP contribution in [0, 0.1) is 6.92 Å². The Hall–Kier alpha value is -3.35. The molecule has 0 radical (unpaired) electrons. The van der Waals surface area contributed by atoms with Crippen molar-refractivity contribution in [3.8, 4) is 11.1 Å². The Balaban J connectivity index is 1.96. The molecule has 3 aromatic heterocycles. The van der Waals surface area contributed by atoms with E-state index < -0.39 is 0 Å². The second kappa shape index (κ2) is 4.84. The van der Waals surface area contributed by atoms with Gasteiger partial charge in [0, 0.05) is 17.3 Å². The van der Waals surface area contributed by atoms with E-state index in [4.69, 9.17) is 5.73 Å². The molecule has 0 bridgehead atoms. The maximum atomic E-state index is 10.6. The lowest BCUT2D eigenvalue weighted by Crippen LogP contribution is -1.95. The van der Waals surface area contributed by atoms with Crippen molar-refractivity contribution < 1.29 is 4.79 Å². The van der Waals surface area contributed by atoms with Crippen LogP contribution >= 0.6 is 0 Å². The van der Waals surface area contributed by atoms with Gasteiger partial charge in [-0.25, -0.2) is 4.98 Å². The molecule has 7 heteroatoms. The third-order valence-electron chi connectivity index (χ3n) is 3.99. The van der Waals surface area contributed by atoms with Gasteiger partial charge in [0.15, 0.2) is 5.82 Å². The normalized spacial score (nSPS) is 11.2. The molecule has 0 fully saturated rings. The van der Waals surface area contributed by atoms with Crippen molar-refractivity contribution in [2.75, 3.05) is 11.1 Å². The van der Waals surface area contributed by atoms with Crippen molar-refractivity contribution >= 4 is 34.5 Å². The van der Waals surface area contributed by atoms with Gasteiger partial charge in [-0.15, -0.1) is 0 Å². The molecule has 0 aliphatic rings. The Morgan fingerprint density at radius 2 is 2.22 bits per heavy atom. The SMILES string of the molecule is Cc1c(N)cc2[nH]ncc2c1-c1ccc2nc(NC=O)cn2c1. The van der Waals surface area contributed by atoms with Gasteiger partial charge in [0.2, 0.25) is 6.41 Å². The maximum Gasteiger partial charge on any atom is 0.212 e. The van der Waals surface area contributed by atoms with Gasteiger partial charge in [-0.05, 0) is 41.8 Å². The number of amides is 1. The zero-order valence-corrected chi connectivity index (χ0v) is 12.4. The number of anilines is 2. The summed E-state index contributed by atoms with van der Waals surface area (Å²) in [7, 11) is 0. The molecule has 0 unspecified atom stereocenters. The minimum Gasteiger partial charge on any atom is -0.398 e. The Morgan fingerprint density at radius 3 is 3.04 bits per heavy atom. The number of rotatable bonds is 3. The second-order valence-corrected chi connectivity index (χ2v) is 5.37. The van der Waals surface area contributed by atoms with Gasteiger partial charge >= 0.3 is 0 Å². The van der Waals surface area contributed by atoms with Crippen molar-refractivity contribution in [3.05, 3.63) is 42.4 Å². The van der Waals surface area contributed by atoms with Gasteiger partial charge in [0.05, 0.1) is 17.9 Å². The molecule has 0 aliphatic carbocycles. The zero-order chi connectivity index (χ0) is 16.0. The highest BCUT2D eigenvalue weighted by molar-refractivity contribution is 5.99. The number of imidazole rings is 1. The first kappa shape index (κ1) is 13.3. The van der Waals surface area contributed by atoms with Crippen LogP contribution in [0.3, 0.4) is 0 Å². The van der Waals surface area contributed by atoms with Crippen molar-refractivity contribution in [2.24, 2.45) is 0 Å². The number of benzene rings is 1. The highest BCUT2D eigenvalue weighted by atomic mass is 16.1. The van der Waals surface area contributed by atoms with Gasteiger partial charge in [0.25, 0.3) is 0 Å². The van der Waals surface area contributed by atoms with Gasteiger partial charge < -0.3 is 15.5 Å². The lowest BCUT2D eigenvalue weighted by Gasteiger charge is -2.11. The number of H-pyrrole nitrogens is 1. The quantitative estimate of drug-likeness (QED) is 0.399. The van der Waals surface area contributed by atoms with Crippen molar-refractivity contribution in [1.29, 1.82) is 0 Å². The summed E-state index contributed by atoms with van der Waals surface area (Å²) in [6.45, 7) is 1.99. The Bertz CT molecular complexity index is 1050. The molecule has 4 rings (SSSR count). The molecule has 7 nitrogen and oxygen atoms in total. The minimum atomic E-state index is 0.509. The molecule has 1 amide bonds. The van der Waals surface area contributed by atoms with Gasteiger partial charge in [0.1, 0.15) is 5.65 Å². The third-order valence-corrected chi connectivity index (χ3v) is 3.99. The standard InChI is InChI=1S/C16H14N6O/c1-9-12(17)4-13-11(5-19-21-13)16(9)10-2-3-15-20-14(18-8-23)7-22(15)6-10/h2-8H,17H2,1H3,(H,18,23)(H,19,21). The largest absolute Gasteiger partial charge is 0.398 e. The summed E-state index contributed by atoms with van der Waals surface area (Å²) in [5, 5.41) is 10.6. The number of hydrogen-bond donors (Lipinski definition) is 3. The van der Waals surface area contributed by atoms with Gasteiger partial charge in [-0.2, -0.15) is 5.10 Å². The number of nitrogens with one attached hydrogen (secondary N) is 2. The molecule has 0 spiro atoms. The average Bonchev–Trinajstić information content (AvgIpc) is 3.14. The van der Waals surface area contributed by atoms with Gasteiger partial charge in [-0.3, -0.25) is 9.89 Å². The highest BCUT2D eigenvalue weighted by Gasteiger charge is 2.13. The highest BCUT2D eigenvalue weighted by Crippen LogP contribution is 2.34. The fourth-order valence-electron chi connectivity index (χ4n) is 2.86. The molecule has 4 aromatic rings. The van der Waals surface area contributed by atoms with E-state index >= 15 is 0 Å². The number of aromatic nitrogens is 4. The molecular weight excluding hydrogens is 292 g/mol. The summed E-state index contributed by atoms with van der Waals surface area (Å²) in [5.41, 5.74) is 11.5. The Labute approximate surface area is 131 Å². The number of carbonyl (C=O) groups excluding carboxylic acids is 1. The van der Waals surface area contributed by atoms with Crippen LogP contribution in [-0.4, -0.2) is 26.0 Å². The van der Waals surface area contributed by atoms with E-state index in [-0.39, 0.29) is 0 Å². The molecule has 3 heterocycles. The summed E-state index contributed by atoms with van der Waals surface area (Å²) in [6.07, 6.45) is 6.14. The number of nitrogens with two attached hydrogens (primary N) is 1. The molecule has 4 N–H and O–H groups in total. The molecule has 0 atom stereocenters. The fraction of sp³-hybridized carbons (Fsp3) is 0.0625. The molecular formula is C16H14N6O. The van der Waals surface area contributed by atoms with Crippen LogP contribution in [0.25, 0.3) is 27.7 Å². The predicted octanol–water partition coefficient (Wildman–Crippen LogP) is 2.34. The average molecular weight is 306 g/mol. The van der Waals surface area contributed by atoms with Crippen LogP contribution in [0.5, 0.6) is 0 Å². The van der Waals surface area contributed by atoms with Gasteiger partial charge in [-0.1, -0.05) is 0 Å². The van der Waals surface area contributed by atoms with E-state index in [2.05, 4.69) is 20.5 Å². The van der Waals surface area contributed by atoms with Crippen molar-refractivity contribution in [1.82, 2.24) is 19.6 Å². The van der Waals surface area contributed by atoms with E-state index in [0.29, 0.717) is 17.9 Å². The lowest BCUT2D eigenvalue weighted by atomic mass is 9.97. The van der Waals surface area contributed by atoms with Crippen molar-refractivity contribution in [3.63, 3.8) is 0 Å². The molecule has 0 saturated carbocycles. The zero-order valence-electron chi connectivity index (χ0n) is 12.4. The molecule has 0 saturated heterocycles. The summed E-state index contributed by atoms with van der Waals surface area (Å²) >= 11 is 0. The smallest absolute Gasteiger partial charge is 0.212 e. The first-order valence-electron chi connectivity index (χ1n) is 7.09. The van der Waals surface area contributed by atoms with Crippen molar-refractivity contribution in [2.45, 2.75) is 6.92 Å². The Kier molecular flexibility index (Phi) is 2.80. The number of hydrogen-bond acceptors (Lipinski definition) is 4. The van der Waals surface area contributed by atoms with Crippen LogP contribution in [0.15, 0.2) is 36.8 Å². The topological polar surface area (TPSA) is 101 Å². The minimum absolute atomic E-state index is 0.509. The monoisotopic (exact) mass is 306 g/mol. The maximum absolute atomic E-state index is 10.6. The Morgan fingerprint density at radius 1 is 1.35 bits per heavy atom. The summed E-state index contributed by atoms with van der Waals surface area (Å²) in [6, 6.07) is 5.78. The van der Waals surface area contributed by atoms with E-state index in [0.717, 1.165) is 33.2 Å². The second-order valence-electron chi connectivity index (χ2n) is 5.37. The number of fused-ring (bicyclic) bond motifs is 2. The first-order valence-corrected chi connectivity index (χ1v) is 7.09. The van der Waals surface area contributed by atoms with E-state index in [1.165, 1.54) is 0 Å². The van der Waals surface area contributed by atoms with E-state index in [1.807, 2.05) is 35.7 Å². The molecule has 0 aliphatic heterocycles. The van der Waals surface area contributed by atoms with Crippen LogP contribution in [0.4, 0.5) is 11.5 Å². The molecule has 1 aromatic carbocycles. The van der Waals surface area contributed by atoms with E-state index in [1.54, 1.807) is 12.4 Å². The summed E-state index contributed by atoms with van der Waals surface area (Å²) in [4.78, 5) is 14.9. The molecule has 23 heavy (non-hydrogen) atoms. The third kappa shape index (κ3) is 2.02. The number of pyridine rings is 1. The number of nitrogens with zero attached hydrogens (tertiary/aromatic N) is 3. The van der Waals surface area contributed by atoms with Crippen LogP contribution in [-0.2, 0) is 4.79 Å². The first-order chi connectivity index (χ1) is 11.2. The van der Waals surface area contributed by atoms with Crippen LogP contribution in [0.2, 0.25) is 0 Å². The van der Waals surface area contributed by atoms with E-state index in [9.17, 15) is 4.79 Å². The fourth-order valence-corrected chi connectivity index (χ4v) is 2.86. The van der Waals surface area contributed by atoms with Crippen LogP contribution < -0.4 is 11.1 Å². The number of aromatic amines is 1. The molecule has 114 valence electrons. The predicted molar refractivity (Wildman–Crippen MR) is 89.1 cm³/mol. The van der Waals surface area contributed by atoms with Crippen LogP contribution in [0.1, 0.15) is 5.56 Å². The number of nitrogen functional groups attached to an aromatic ring is 1.